The third-order valence-corrected chi connectivity index (χ3v) is 3.79. The molecule has 4 nitrogen and oxygen atoms in total. The third kappa shape index (κ3) is 2.43. The molecule has 0 radical (unpaired) electrons. The number of hydrogen-bond acceptors (Lipinski definition) is 3. The molecule has 90 valence electrons. The van der Waals surface area contributed by atoms with Crippen molar-refractivity contribution in [1.82, 2.24) is 14.8 Å². The van der Waals surface area contributed by atoms with E-state index in [0.29, 0.717) is 12.3 Å². The van der Waals surface area contributed by atoms with E-state index in [1.54, 1.807) is 11.0 Å². The molecule has 0 aliphatic heterocycles. The maximum atomic E-state index is 10.6. The van der Waals surface area contributed by atoms with Crippen LogP contribution in [0.1, 0.15) is 44.9 Å². The van der Waals surface area contributed by atoms with Gasteiger partial charge in [0.05, 0.1) is 5.60 Å². The van der Waals surface area contributed by atoms with Gasteiger partial charge in [0.1, 0.15) is 12.2 Å². The second-order valence-electron chi connectivity index (χ2n) is 5.07. The van der Waals surface area contributed by atoms with E-state index in [4.69, 9.17) is 0 Å². The van der Waals surface area contributed by atoms with Gasteiger partial charge in [-0.2, -0.15) is 5.10 Å². The molecular weight excluding hydrogens is 202 g/mol. The molecular formula is C12H21N3O. The Morgan fingerprint density at radius 1 is 1.62 bits per heavy atom. The molecule has 2 unspecified atom stereocenters. The van der Waals surface area contributed by atoms with E-state index < -0.39 is 5.60 Å². The molecule has 4 heteroatoms. The Labute approximate surface area is 96.7 Å². The number of aryl methyl sites for hydroxylation is 1. The number of hydrogen-bond donors (Lipinski definition) is 1. The summed E-state index contributed by atoms with van der Waals surface area (Å²) < 4.78 is 1.76. The Hall–Kier alpha value is -0.900. The first-order valence-electron chi connectivity index (χ1n) is 6.18. The zero-order valence-corrected chi connectivity index (χ0v) is 10.2. The molecule has 1 N–H and O–H groups in total. The quantitative estimate of drug-likeness (QED) is 0.848. The Balaban J connectivity index is 2.05. The summed E-state index contributed by atoms with van der Waals surface area (Å²) in [5, 5.41) is 14.6. The number of aromatic nitrogens is 3. The van der Waals surface area contributed by atoms with Crippen molar-refractivity contribution in [3.63, 3.8) is 0 Å². The second-order valence-corrected chi connectivity index (χ2v) is 5.07. The van der Waals surface area contributed by atoms with Gasteiger partial charge in [0.25, 0.3) is 0 Å². The third-order valence-electron chi connectivity index (χ3n) is 3.79. The van der Waals surface area contributed by atoms with Crippen molar-refractivity contribution >= 4 is 0 Å². The first kappa shape index (κ1) is 11.6. The van der Waals surface area contributed by atoms with Crippen LogP contribution in [0.5, 0.6) is 0 Å². The van der Waals surface area contributed by atoms with E-state index in [-0.39, 0.29) is 0 Å². The van der Waals surface area contributed by atoms with Gasteiger partial charge in [-0.15, -0.1) is 0 Å². The monoisotopic (exact) mass is 223 g/mol. The van der Waals surface area contributed by atoms with Gasteiger partial charge < -0.3 is 5.11 Å². The molecule has 0 spiro atoms. The average Bonchev–Trinajstić information content (AvgIpc) is 2.64. The highest BCUT2D eigenvalue weighted by Gasteiger charge is 2.34. The van der Waals surface area contributed by atoms with E-state index in [2.05, 4.69) is 17.0 Å². The highest BCUT2D eigenvalue weighted by molar-refractivity contribution is 4.96. The van der Waals surface area contributed by atoms with E-state index in [1.165, 1.54) is 12.8 Å². The molecule has 1 heterocycles. The van der Waals surface area contributed by atoms with Crippen LogP contribution in [-0.2, 0) is 13.5 Å². The van der Waals surface area contributed by atoms with Crippen LogP contribution >= 0.6 is 0 Å². The van der Waals surface area contributed by atoms with E-state index in [9.17, 15) is 5.11 Å². The first-order chi connectivity index (χ1) is 7.63. The lowest BCUT2D eigenvalue weighted by Gasteiger charge is -2.36. The summed E-state index contributed by atoms with van der Waals surface area (Å²) in [6.07, 6.45) is 7.57. The van der Waals surface area contributed by atoms with Crippen LogP contribution in [-0.4, -0.2) is 25.5 Å². The van der Waals surface area contributed by atoms with Gasteiger partial charge in [-0.05, 0) is 18.8 Å². The van der Waals surface area contributed by atoms with Crippen LogP contribution in [0.3, 0.4) is 0 Å². The van der Waals surface area contributed by atoms with Gasteiger partial charge in [-0.1, -0.05) is 26.2 Å². The Kier molecular flexibility index (Phi) is 3.28. The largest absolute Gasteiger partial charge is 0.389 e. The Morgan fingerprint density at radius 3 is 3.06 bits per heavy atom. The molecule has 2 atom stereocenters. The minimum Gasteiger partial charge on any atom is -0.389 e. The van der Waals surface area contributed by atoms with Crippen molar-refractivity contribution in [3.8, 4) is 0 Å². The Morgan fingerprint density at radius 2 is 2.44 bits per heavy atom. The van der Waals surface area contributed by atoms with E-state index in [1.807, 2.05) is 7.05 Å². The molecule has 1 fully saturated rings. The fourth-order valence-electron chi connectivity index (χ4n) is 2.74. The molecule has 1 aromatic rings. The Bertz CT molecular complexity index is 350. The topological polar surface area (TPSA) is 50.9 Å². The summed E-state index contributed by atoms with van der Waals surface area (Å²) in [6, 6.07) is 0. The average molecular weight is 223 g/mol. The summed E-state index contributed by atoms with van der Waals surface area (Å²) in [6.45, 7) is 2.21. The van der Waals surface area contributed by atoms with Crippen molar-refractivity contribution in [2.45, 2.75) is 51.0 Å². The zero-order valence-electron chi connectivity index (χ0n) is 10.2. The predicted molar refractivity (Wildman–Crippen MR) is 61.9 cm³/mol. The minimum atomic E-state index is -0.556. The fourth-order valence-corrected chi connectivity index (χ4v) is 2.74. The first-order valence-corrected chi connectivity index (χ1v) is 6.18. The lowest BCUT2D eigenvalue weighted by molar-refractivity contribution is -0.0183. The molecule has 0 aromatic carbocycles. The van der Waals surface area contributed by atoms with Crippen molar-refractivity contribution in [2.24, 2.45) is 13.0 Å². The SMILES string of the molecule is CCC1CCCC(O)(Cc2ncnn2C)C1. The highest BCUT2D eigenvalue weighted by Crippen LogP contribution is 2.35. The summed E-state index contributed by atoms with van der Waals surface area (Å²) in [7, 11) is 1.88. The lowest BCUT2D eigenvalue weighted by atomic mass is 9.75. The number of aliphatic hydroxyl groups is 1. The van der Waals surface area contributed by atoms with Gasteiger partial charge in [-0.25, -0.2) is 4.98 Å². The molecule has 0 amide bonds. The summed E-state index contributed by atoms with van der Waals surface area (Å²) >= 11 is 0. The lowest BCUT2D eigenvalue weighted by Crippen LogP contribution is -2.38. The second kappa shape index (κ2) is 4.53. The molecule has 0 saturated heterocycles. The van der Waals surface area contributed by atoms with Crippen LogP contribution in [0.25, 0.3) is 0 Å². The molecule has 1 aromatic heterocycles. The van der Waals surface area contributed by atoms with Crippen LogP contribution in [0.2, 0.25) is 0 Å². The molecule has 16 heavy (non-hydrogen) atoms. The molecule has 1 saturated carbocycles. The summed E-state index contributed by atoms with van der Waals surface area (Å²) in [5.74, 6) is 1.56. The van der Waals surface area contributed by atoms with Gasteiger partial charge in [0, 0.05) is 13.5 Å². The van der Waals surface area contributed by atoms with Crippen LogP contribution in [0.15, 0.2) is 6.33 Å². The van der Waals surface area contributed by atoms with E-state index in [0.717, 1.165) is 25.1 Å². The smallest absolute Gasteiger partial charge is 0.138 e. The van der Waals surface area contributed by atoms with Crippen molar-refractivity contribution < 1.29 is 5.11 Å². The predicted octanol–water partition coefficient (Wildman–Crippen LogP) is 1.69. The molecule has 1 aliphatic rings. The number of rotatable bonds is 3. The maximum absolute atomic E-state index is 10.6. The number of nitrogens with zero attached hydrogens (tertiary/aromatic N) is 3. The van der Waals surface area contributed by atoms with Gasteiger partial charge in [0.2, 0.25) is 0 Å². The van der Waals surface area contributed by atoms with Gasteiger partial charge >= 0.3 is 0 Å². The van der Waals surface area contributed by atoms with Crippen LogP contribution < -0.4 is 0 Å². The molecule has 2 rings (SSSR count). The van der Waals surface area contributed by atoms with Crippen molar-refractivity contribution in [1.29, 1.82) is 0 Å². The highest BCUT2D eigenvalue weighted by atomic mass is 16.3. The molecule has 1 aliphatic carbocycles. The van der Waals surface area contributed by atoms with Crippen LogP contribution in [0.4, 0.5) is 0 Å². The fraction of sp³-hybridized carbons (Fsp3) is 0.833. The van der Waals surface area contributed by atoms with Gasteiger partial charge in [-0.3, -0.25) is 4.68 Å². The minimum absolute atomic E-state index is 0.556. The zero-order chi connectivity index (χ0) is 11.6. The summed E-state index contributed by atoms with van der Waals surface area (Å²) in [4.78, 5) is 4.20. The van der Waals surface area contributed by atoms with Crippen LogP contribution in [0, 0.1) is 5.92 Å². The molecule has 0 bridgehead atoms. The standard InChI is InChI=1S/C12H21N3O/c1-3-10-5-4-6-12(16,7-10)8-11-13-9-14-15(11)2/h9-10,16H,3-8H2,1-2H3. The normalized spacial score (nSPS) is 30.6. The summed E-state index contributed by atoms with van der Waals surface area (Å²) in [5.41, 5.74) is -0.556. The van der Waals surface area contributed by atoms with Crippen molar-refractivity contribution in [2.75, 3.05) is 0 Å². The maximum Gasteiger partial charge on any atom is 0.138 e. The van der Waals surface area contributed by atoms with E-state index >= 15 is 0 Å². The van der Waals surface area contributed by atoms with Gasteiger partial charge in [0.15, 0.2) is 0 Å². The van der Waals surface area contributed by atoms with Crippen molar-refractivity contribution in [3.05, 3.63) is 12.2 Å².